The molecule has 1 nitrogen and oxygen atoms in total. The van der Waals surface area contributed by atoms with Crippen LogP contribution in [0.15, 0.2) is 121 Å². The lowest BCUT2D eigenvalue weighted by Crippen LogP contribution is -2.25. The van der Waals surface area contributed by atoms with Crippen molar-refractivity contribution in [2.75, 3.05) is 0 Å². The smallest absolute Gasteiger partial charge is 0.147 e. The maximum Gasteiger partial charge on any atom is 0.147 e. The summed E-state index contributed by atoms with van der Waals surface area (Å²) in [7, 11) is 0. The lowest BCUT2D eigenvalue weighted by molar-refractivity contribution is 0.415. The maximum absolute atomic E-state index is 6.78. The largest absolute Gasteiger partial charge is 0.454 e. The summed E-state index contributed by atoms with van der Waals surface area (Å²) in [6.07, 6.45) is 1.91. The molecule has 0 unspecified atom stereocenters. The second kappa shape index (κ2) is 10.1. The summed E-state index contributed by atoms with van der Waals surface area (Å²) in [4.78, 5) is 0. The first-order valence-corrected chi connectivity index (χ1v) is 15.9. The fourth-order valence-electron chi connectivity index (χ4n) is 7.45. The van der Waals surface area contributed by atoms with E-state index in [0.29, 0.717) is 0 Å². The SMILES string of the molecule is CC1(C)c2cccc(C#Cc3ccc4c(c3)Cc3ccccc3-4)c2Oc2c(C#Cc3ccc4c(c3)Cc3ccccc3-4)cccc21. The third kappa shape index (κ3) is 4.21. The predicted octanol–water partition coefficient (Wildman–Crippen LogP) is 10.1. The van der Waals surface area contributed by atoms with Crippen LogP contribution < -0.4 is 4.74 Å². The molecule has 1 heterocycles. The van der Waals surface area contributed by atoms with Gasteiger partial charge in [-0.3, -0.25) is 0 Å². The first-order chi connectivity index (χ1) is 22.5. The van der Waals surface area contributed by atoms with Gasteiger partial charge in [0.15, 0.2) is 0 Å². The molecule has 1 aliphatic heterocycles. The monoisotopic (exact) mass is 586 g/mol. The van der Waals surface area contributed by atoms with Gasteiger partial charge < -0.3 is 4.74 Å². The molecule has 3 aliphatic rings. The Balaban J connectivity index is 1.05. The summed E-state index contributed by atoms with van der Waals surface area (Å²) in [6.45, 7) is 4.52. The molecule has 0 saturated heterocycles. The molecule has 6 aromatic rings. The Bertz CT molecular complexity index is 2210. The number of fused-ring (bicyclic) bond motifs is 8. The van der Waals surface area contributed by atoms with Gasteiger partial charge in [0, 0.05) is 27.7 Å². The standard InChI is InChI=1S/C45H30O/c1-45(2)41-15-7-11-31(21-17-29-19-23-39-35(25-29)27-33-9-3-5-13-37(33)39)43(41)46-44-32(12-8-16-42(44)45)22-18-30-20-24-40-36(26-30)28-34-10-4-6-14-38(34)40/h3-16,19-20,23-26H,27-28H2,1-2H3. The first kappa shape index (κ1) is 26.6. The lowest BCUT2D eigenvalue weighted by atomic mass is 9.74. The van der Waals surface area contributed by atoms with E-state index < -0.39 is 0 Å². The van der Waals surface area contributed by atoms with Crippen molar-refractivity contribution >= 4 is 0 Å². The molecular formula is C45H30O. The minimum absolute atomic E-state index is 0.267. The van der Waals surface area contributed by atoms with Gasteiger partial charge in [-0.25, -0.2) is 0 Å². The van der Waals surface area contributed by atoms with Crippen molar-refractivity contribution in [3.8, 4) is 57.4 Å². The van der Waals surface area contributed by atoms with Gasteiger partial charge in [0.05, 0.1) is 11.1 Å². The highest BCUT2D eigenvalue weighted by atomic mass is 16.5. The van der Waals surface area contributed by atoms with Gasteiger partial charge in [0.2, 0.25) is 0 Å². The quantitative estimate of drug-likeness (QED) is 0.161. The van der Waals surface area contributed by atoms with Crippen molar-refractivity contribution in [1.29, 1.82) is 0 Å². The number of ether oxygens (including phenoxy) is 1. The molecule has 0 aromatic heterocycles. The highest BCUT2D eigenvalue weighted by molar-refractivity contribution is 5.79. The molecule has 0 bridgehead atoms. The highest BCUT2D eigenvalue weighted by Gasteiger charge is 2.36. The molecule has 0 N–H and O–H groups in total. The van der Waals surface area contributed by atoms with Crippen LogP contribution in [0.4, 0.5) is 0 Å². The molecule has 0 spiro atoms. The molecule has 0 saturated carbocycles. The molecule has 2 aliphatic carbocycles. The van der Waals surface area contributed by atoms with Gasteiger partial charge in [-0.2, -0.15) is 0 Å². The van der Waals surface area contributed by atoms with Crippen LogP contribution >= 0.6 is 0 Å². The summed E-state index contributed by atoms with van der Waals surface area (Å²) < 4.78 is 6.78. The molecule has 0 atom stereocenters. The zero-order chi connectivity index (χ0) is 30.8. The van der Waals surface area contributed by atoms with Crippen molar-refractivity contribution in [1.82, 2.24) is 0 Å². The normalized spacial score (nSPS) is 13.7. The Labute approximate surface area is 270 Å². The predicted molar refractivity (Wildman–Crippen MR) is 186 cm³/mol. The van der Waals surface area contributed by atoms with Crippen LogP contribution in [0, 0.1) is 23.7 Å². The van der Waals surface area contributed by atoms with Gasteiger partial charge >= 0.3 is 0 Å². The number of hydrogen-bond acceptors (Lipinski definition) is 1. The Morgan fingerprint density at radius 3 is 1.41 bits per heavy atom. The summed E-state index contributed by atoms with van der Waals surface area (Å²) in [5, 5.41) is 0. The van der Waals surface area contributed by atoms with Crippen molar-refractivity contribution in [3.63, 3.8) is 0 Å². The average molecular weight is 587 g/mol. The second-order valence-electron chi connectivity index (χ2n) is 13.0. The number of rotatable bonds is 0. The van der Waals surface area contributed by atoms with E-state index in [1.807, 2.05) is 0 Å². The van der Waals surface area contributed by atoms with E-state index in [9.17, 15) is 0 Å². The van der Waals surface area contributed by atoms with Crippen LogP contribution in [0.3, 0.4) is 0 Å². The molecule has 1 heteroatoms. The minimum atomic E-state index is -0.267. The van der Waals surface area contributed by atoms with Crippen molar-refractivity contribution in [3.05, 3.63) is 177 Å². The van der Waals surface area contributed by atoms with E-state index in [1.54, 1.807) is 0 Å². The van der Waals surface area contributed by atoms with Gasteiger partial charge in [-0.05, 0) is 93.7 Å². The molecule has 0 fully saturated rings. The van der Waals surface area contributed by atoms with Crippen molar-refractivity contribution in [2.24, 2.45) is 0 Å². The number of para-hydroxylation sites is 2. The molecule has 0 radical (unpaired) electrons. The summed E-state index contributed by atoms with van der Waals surface area (Å²) in [5.41, 5.74) is 16.6. The molecule has 9 rings (SSSR count). The highest BCUT2D eigenvalue weighted by Crippen LogP contribution is 2.50. The zero-order valence-corrected chi connectivity index (χ0v) is 25.9. The molecule has 216 valence electrons. The van der Waals surface area contributed by atoms with E-state index in [4.69, 9.17) is 4.74 Å². The van der Waals surface area contributed by atoms with Crippen molar-refractivity contribution < 1.29 is 4.74 Å². The van der Waals surface area contributed by atoms with E-state index in [0.717, 1.165) is 57.7 Å². The first-order valence-electron chi connectivity index (χ1n) is 15.9. The van der Waals surface area contributed by atoms with Gasteiger partial charge in [-0.15, -0.1) is 0 Å². The van der Waals surface area contributed by atoms with Crippen LogP contribution in [-0.4, -0.2) is 0 Å². The van der Waals surface area contributed by atoms with Crippen LogP contribution in [0.2, 0.25) is 0 Å². The summed E-state index contributed by atoms with van der Waals surface area (Å²) in [5.74, 6) is 15.5. The topological polar surface area (TPSA) is 9.23 Å². The van der Waals surface area contributed by atoms with Crippen LogP contribution in [0.25, 0.3) is 22.3 Å². The van der Waals surface area contributed by atoms with E-state index in [-0.39, 0.29) is 5.41 Å². The summed E-state index contributed by atoms with van der Waals surface area (Å²) >= 11 is 0. The molecule has 6 aromatic carbocycles. The van der Waals surface area contributed by atoms with E-state index in [1.165, 1.54) is 44.5 Å². The molecule has 46 heavy (non-hydrogen) atoms. The second-order valence-corrected chi connectivity index (χ2v) is 13.0. The number of benzene rings is 6. The third-order valence-corrected chi connectivity index (χ3v) is 9.85. The maximum atomic E-state index is 6.78. The van der Waals surface area contributed by atoms with E-state index in [2.05, 4.69) is 159 Å². The Morgan fingerprint density at radius 1 is 0.457 bits per heavy atom. The van der Waals surface area contributed by atoms with Crippen molar-refractivity contribution in [2.45, 2.75) is 32.1 Å². The lowest BCUT2D eigenvalue weighted by Gasteiger charge is -2.35. The average Bonchev–Trinajstić information content (AvgIpc) is 3.64. The zero-order valence-electron chi connectivity index (χ0n) is 25.9. The number of hydrogen-bond donors (Lipinski definition) is 0. The Kier molecular flexibility index (Phi) is 5.87. The summed E-state index contributed by atoms with van der Waals surface area (Å²) in [6, 6.07) is 43.1. The van der Waals surface area contributed by atoms with Crippen LogP contribution in [-0.2, 0) is 18.3 Å². The van der Waals surface area contributed by atoms with Crippen LogP contribution in [0.5, 0.6) is 11.5 Å². The van der Waals surface area contributed by atoms with E-state index >= 15 is 0 Å². The molecular weight excluding hydrogens is 556 g/mol. The van der Waals surface area contributed by atoms with Gasteiger partial charge in [-0.1, -0.05) is 122 Å². The minimum Gasteiger partial charge on any atom is -0.454 e. The van der Waals surface area contributed by atoms with Crippen LogP contribution in [0.1, 0.15) is 69.5 Å². The van der Waals surface area contributed by atoms with Gasteiger partial charge in [0.25, 0.3) is 0 Å². The Hall–Kier alpha value is -5.76. The fourth-order valence-corrected chi connectivity index (χ4v) is 7.45. The Morgan fingerprint density at radius 2 is 0.913 bits per heavy atom. The van der Waals surface area contributed by atoms with Gasteiger partial charge in [0.1, 0.15) is 11.5 Å². The molecule has 0 amide bonds. The fraction of sp³-hybridized carbons (Fsp3) is 0.111. The third-order valence-electron chi connectivity index (χ3n) is 9.85.